The van der Waals surface area contributed by atoms with Gasteiger partial charge in [0, 0.05) is 0 Å². The maximum absolute atomic E-state index is 10.7. The molecule has 0 aromatic carbocycles. The first-order valence-corrected chi connectivity index (χ1v) is 3.40. The summed E-state index contributed by atoms with van der Waals surface area (Å²) in [5.41, 5.74) is 0. The van der Waals surface area contributed by atoms with E-state index in [9.17, 15) is 4.79 Å². The van der Waals surface area contributed by atoms with Crippen LogP contribution in [0.3, 0.4) is 0 Å². The molecule has 0 unspecified atom stereocenters. The molecular formula is C6H11NO4. The van der Waals surface area contributed by atoms with Crippen LogP contribution in [0.1, 0.15) is 0 Å². The maximum atomic E-state index is 10.7. The number of hydrogen-bond donors (Lipinski definition) is 4. The van der Waals surface area contributed by atoms with Crippen LogP contribution in [0.4, 0.5) is 0 Å². The van der Waals surface area contributed by atoms with E-state index in [1.807, 2.05) is 0 Å². The van der Waals surface area contributed by atoms with Gasteiger partial charge in [-0.15, -0.1) is 0 Å². The van der Waals surface area contributed by atoms with Crippen LogP contribution in [0, 0.1) is 0 Å². The van der Waals surface area contributed by atoms with Crippen LogP contribution in [-0.4, -0.2) is 52.5 Å². The summed E-state index contributed by atoms with van der Waals surface area (Å²) in [6, 6.07) is -0.595. The topological polar surface area (TPSA) is 89.8 Å². The quantitative estimate of drug-likeness (QED) is 0.334. The van der Waals surface area contributed by atoms with E-state index in [1.165, 1.54) is 0 Å². The Morgan fingerprint density at radius 1 is 1.55 bits per heavy atom. The Bertz CT molecular complexity index is 161. The highest BCUT2D eigenvalue weighted by Gasteiger charge is 2.35. The second-order valence-electron chi connectivity index (χ2n) is 2.57. The van der Waals surface area contributed by atoms with E-state index >= 15 is 0 Å². The number of Topliss-reactive ketones (excluding diaryl/α,β-unsaturated/α-hetero) is 1. The normalized spacial score (nSPS) is 39.2. The molecule has 0 aromatic rings. The average Bonchev–Trinajstić information content (AvgIpc) is 2.01. The molecule has 0 radical (unpaired) electrons. The van der Waals surface area contributed by atoms with Crippen molar-refractivity contribution in [1.82, 2.24) is 5.32 Å². The van der Waals surface area contributed by atoms with Gasteiger partial charge in [0.25, 0.3) is 0 Å². The van der Waals surface area contributed by atoms with Crippen molar-refractivity contribution in [3.8, 4) is 0 Å². The lowest BCUT2D eigenvalue weighted by molar-refractivity contribution is -0.138. The fourth-order valence-corrected chi connectivity index (χ4v) is 1.04. The van der Waals surface area contributed by atoms with Gasteiger partial charge >= 0.3 is 0 Å². The Balaban J connectivity index is 2.59. The lowest BCUT2D eigenvalue weighted by atomic mass is 9.98. The molecule has 1 aliphatic heterocycles. The van der Waals surface area contributed by atoms with E-state index in [4.69, 9.17) is 15.3 Å². The smallest absolute Gasteiger partial charge is 0.177 e. The first-order chi connectivity index (χ1) is 5.16. The first-order valence-electron chi connectivity index (χ1n) is 3.40. The minimum absolute atomic E-state index is 0.00343. The van der Waals surface area contributed by atoms with Crippen molar-refractivity contribution < 1.29 is 20.1 Å². The molecule has 0 spiro atoms. The van der Waals surface area contributed by atoms with Crippen molar-refractivity contribution in [2.45, 2.75) is 18.2 Å². The van der Waals surface area contributed by atoms with Crippen LogP contribution >= 0.6 is 0 Å². The van der Waals surface area contributed by atoms with Crippen LogP contribution in [-0.2, 0) is 4.79 Å². The van der Waals surface area contributed by atoms with Gasteiger partial charge in [0.05, 0.1) is 19.2 Å². The zero-order chi connectivity index (χ0) is 8.43. The van der Waals surface area contributed by atoms with E-state index in [-0.39, 0.29) is 13.2 Å². The molecular weight excluding hydrogens is 150 g/mol. The predicted molar refractivity (Wildman–Crippen MR) is 35.9 cm³/mol. The lowest BCUT2D eigenvalue weighted by Gasteiger charge is -2.30. The van der Waals surface area contributed by atoms with Crippen molar-refractivity contribution in [3.63, 3.8) is 0 Å². The molecule has 0 saturated carbocycles. The second-order valence-corrected chi connectivity index (χ2v) is 2.57. The van der Waals surface area contributed by atoms with Gasteiger partial charge in [-0.1, -0.05) is 0 Å². The standard InChI is InChI=1S/C6H11NO4/c8-2-3-5(10)6(11)4(9)1-7-3/h3,5-8,10-11H,1-2H2/t3-,5+,6+/m1/s1. The minimum atomic E-state index is -1.35. The molecule has 1 fully saturated rings. The van der Waals surface area contributed by atoms with Gasteiger partial charge in [0.15, 0.2) is 5.78 Å². The Morgan fingerprint density at radius 3 is 2.73 bits per heavy atom. The monoisotopic (exact) mass is 161 g/mol. The average molecular weight is 161 g/mol. The SMILES string of the molecule is O=C1CN[C@H](CO)[C@H](O)[C@H]1O. The summed E-state index contributed by atoms with van der Waals surface area (Å²) in [5, 5.41) is 29.3. The molecule has 64 valence electrons. The first kappa shape index (κ1) is 8.61. The molecule has 5 heteroatoms. The number of carbonyl (C=O) groups excluding carboxylic acids is 1. The van der Waals surface area contributed by atoms with Crippen molar-refractivity contribution >= 4 is 5.78 Å². The molecule has 1 heterocycles. The third kappa shape index (κ3) is 1.57. The number of rotatable bonds is 1. The van der Waals surface area contributed by atoms with Crippen LogP contribution < -0.4 is 5.32 Å². The van der Waals surface area contributed by atoms with E-state index in [0.29, 0.717) is 0 Å². The van der Waals surface area contributed by atoms with Gasteiger partial charge < -0.3 is 20.6 Å². The highest BCUT2D eigenvalue weighted by Crippen LogP contribution is 2.05. The van der Waals surface area contributed by atoms with Crippen molar-refractivity contribution in [1.29, 1.82) is 0 Å². The van der Waals surface area contributed by atoms with Gasteiger partial charge in [0.2, 0.25) is 0 Å². The Hall–Kier alpha value is -0.490. The lowest BCUT2D eigenvalue weighted by Crippen LogP contribution is -2.59. The van der Waals surface area contributed by atoms with Gasteiger partial charge in [-0.2, -0.15) is 0 Å². The van der Waals surface area contributed by atoms with Crippen LogP contribution in [0.15, 0.2) is 0 Å². The summed E-state index contributed by atoms with van der Waals surface area (Å²) in [7, 11) is 0. The molecule has 5 nitrogen and oxygen atoms in total. The maximum Gasteiger partial charge on any atom is 0.177 e. The molecule has 0 bridgehead atoms. The van der Waals surface area contributed by atoms with Gasteiger partial charge in [0.1, 0.15) is 12.2 Å². The van der Waals surface area contributed by atoms with E-state index in [0.717, 1.165) is 0 Å². The number of piperidine rings is 1. The van der Waals surface area contributed by atoms with Gasteiger partial charge in [-0.3, -0.25) is 4.79 Å². The number of carbonyl (C=O) groups is 1. The molecule has 1 aliphatic rings. The molecule has 0 amide bonds. The van der Waals surface area contributed by atoms with Crippen LogP contribution in [0.5, 0.6) is 0 Å². The number of nitrogens with one attached hydrogen (secondary N) is 1. The number of aliphatic hydroxyl groups is 3. The molecule has 4 N–H and O–H groups in total. The number of ketones is 1. The predicted octanol–water partition coefficient (Wildman–Crippen LogP) is -2.76. The fraction of sp³-hybridized carbons (Fsp3) is 0.833. The molecule has 1 rings (SSSR count). The van der Waals surface area contributed by atoms with E-state index in [2.05, 4.69) is 5.32 Å². The third-order valence-electron chi connectivity index (χ3n) is 1.80. The summed E-state index contributed by atoms with van der Waals surface area (Å²) in [6.07, 6.45) is -2.55. The summed E-state index contributed by atoms with van der Waals surface area (Å²) >= 11 is 0. The largest absolute Gasteiger partial charge is 0.395 e. The highest BCUT2D eigenvalue weighted by atomic mass is 16.3. The van der Waals surface area contributed by atoms with Crippen molar-refractivity contribution in [2.24, 2.45) is 0 Å². The van der Waals surface area contributed by atoms with Crippen LogP contribution in [0.2, 0.25) is 0 Å². The van der Waals surface area contributed by atoms with Gasteiger partial charge in [-0.25, -0.2) is 0 Å². The Labute approximate surface area is 63.7 Å². The summed E-state index contributed by atoms with van der Waals surface area (Å²) < 4.78 is 0. The number of hydrogen-bond acceptors (Lipinski definition) is 5. The Morgan fingerprint density at radius 2 is 2.18 bits per heavy atom. The number of aliphatic hydroxyl groups excluding tert-OH is 3. The summed E-state index contributed by atoms with van der Waals surface area (Å²) in [4.78, 5) is 10.7. The minimum Gasteiger partial charge on any atom is -0.395 e. The van der Waals surface area contributed by atoms with Gasteiger partial charge in [-0.05, 0) is 0 Å². The summed E-state index contributed by atoms with van der Waals surface area (Å²) in [6.45, 7) is -0.283. The van der Waals surface area contributed by atoms with E-state index < -0.39 is 24.0 Å². The second kappa shape index (κ2) is 3.27. The zero-order valence-electron chi connectivity index (χ0n) is 5.90. The molecule has 0 aromatic heterocycles. The van der Waals surface area contributed by atoms with Crippen molar-refractivity contribution in [3.05, 3.63) is 0 Å². The van der Waals surface area contributed by atoms with Crippen LogP contribution in [0.25, 0.3) is 0 Å². The fourth-order valence-electron chi connectivity index (χ4n) is 1.04. The Kier molecular flexibility index (Phi) is 2.56. The molecule has 1 saturated heterocycles. The van der Waals surface area contributed by atoms with E-state index in [1.54, 1.807) is 0 Å². The third-order valence-corrected chi connectivity index (χ3v) is 1.80. The summed E-state index contributed by atoms with van der Waals surface area (Å²) in [5.74, 6) is -0.442. The molecule has 0 aliphatic carbocycles. The molecule has 3 atom stereocenters. The highest BCUT2D eigenvalue weighted by molar-refractivity contribution is 5.86. The zero-order valence-corrected chi connectivity index (χ0v) is 5.90. The molecule has 11 heavy (non-hydrogen) atoms. The van der Waals surface area contributed by atoms with Crippen molar-refractivity contribution in [2.75, 3.05) is 13.2 Å².